The van der Waals surface area contributed by atoms with Gasteiger partial charge >= 0.3 is 0 Å². The molecule has 2 aromatic rings. The highest BCUT2D eigenvalue weighted by Gasteiger charge is 2.05. The number of nitrogens with zero attached hydrogens (tertiary/aromatic N) is 2. The summed E-state index contributed by atoms with van der Waals surface area (Å²) in [7, 11) is 0. The topological polar surface area (TPSA) is 51.8 Å². The summed E-state index contributed by atoms with van der Waals surface area (Å²) in [4.78, 5) is 0. The molecule has 1 aromatic heterocycles. The van der Waals surface area contributed by atoms with Gasteiger partial charge in [-0.2, -0.15) is 0 Å². The molecule has 0 saturated carbocycles. The van der Waals surface area contributed by atoms with E-state index in [4.69, 9.17) is 28.9 Å². The first kappa shape index (κ1) is 11.6. The molecule has 0 aliphatic rings. The van der Waals surface area contributed by atoms with Crippen molar-refractivity contribution in [3.63, 3.8) is 0 Å². The number of aromatic nitrogens is 2. The zero-order valence-electron chi connectivity index (χ0n) is 8.28. The lowest BCUT2D eigenvalue weighted by Crippen LogP contribution is -1.91. The molecule has 2 N–H and O–H groups in total. The molecular formula is C10H9Cl2N3S. The van der Waals surface area contributed by atoms with Gasteiger partial charge in [-0.3, -0.25) is 0 Å². The second kappa shape index (κ2) is 4.99. The van der Waals surface area contributed by atoms with Crippen molar-refractivity contribution in [1.82, 2.24) is 10.2 Å². The Hall–Kier alpha value is -0.840. The summed E-state index contributed by atoms with van der Waals surface area (Å²) in [6, 6.07) is 5.50. The molecule has 84 valence electrons. The Kier molecular flexibility index (Phi) is 3.63. The van der Waals surface area contributed by atoms with Crippen LogP contribution in [-0.2, 0) is 12.8 Å². The number of aryl methyl sites for hydroxylation is 2. The van der Waals surface area contributed by atoms with E-state index in [1.54, 1.807) is 6.07 Å². The Morgan fingerprint density at radius 1 is 1.19 bits per heavy atom. The third kappa shape index (κ3) is 2.84. The number of rotatable bonds is 3. The fraction of sp³-hybridized carbons (Fsp3) is 0.200. The fourth-order valence-corrected chi connectivity index (χ4v) is 2.45. The average Bonchev–Trinajstić information content (AvgIpc) is 2.63. The minimum absolute atomic E-state index is 0.497. The van der Waals surface area contributed by atoms with E-state index in [0.29, 0.717) is 15.2 Å². The van der Waals surface area contributed by atoms with Gasteiger partial charge in [0.2, 0.25) is 5.13 Å². The van der Waals surface area contributed by atoms with Crippen LogP contribution in [0.4, 0.5) is 5.13 Å². The summed E-state index contributed by atoms with van der Waals surface area (Å²) in [5.41, 5.74) is 6.55. The third-order valence-electron chi connectivity index (χ3n) is 2.11. The molecule has 16 heavy (non-hydrogen) atoms. The van der Waals surface area contributed by atoms with Crippen LogP contribution in [-0.4, -0.2) is 10.2 Å². The standard InChI is InChI=1S/C10H9Cl2N3S/c11-7-3-1-6(8(12)5-7)2-4-9-14-15-10(13)16-9/h1,3,5H,2,4H2,(H2,13,15). The zero-order valence-corrected chi connectivity index (χ0v) is 10.6. The lowest BCUT2D eigenvalue weighted by atomic mass is 10.1. The minimum Gasteiger partial charge on any atom is -0.374 e. The van der Waals surface area contributed by atoms with Crippen LogP contribution < -0.4 is 5.73 Å². The highest BCUT2D eigenvalue weighted by atomic mass is 35.5. The third-order valence-corrected chi connectivity index (χ3v) is 3.50. The fourth-order valence-electron chi connectivity index (χ4n) is 1.33. The van der Waals surface area contributed by atoms with E-state index < -0.39 is 0 Å². The van der Waals surface area contributed by atoms with Crippen LogP contribution in [0.1, 0.15) is 10.6 Å². The molecule has 0 atom stereocenters. The van der Waals surface area contributed by atoms with Crippen LogP contribution in [0.25, 0.3) is 0 Å². The van der Waals surface area contributed by atoms with Crippen molar-refractivity contribution in [3.05, 3.63) is 38.8 Å². The van der Waals surface area contributed by atoms with Crippen molar-refractivity contribution in [2.24, 2.45) is 0 Å². The maximum absolute atomic E-state index is 6.06. The number of nitrogens with two attached hydrogens (primary N) is 1. The molecule has 0 aliphatic heterocycles. The summed E-state index contributed by atoms with van der Waals surface area (Å²) in [5.74, 6) is 0. The number of anilines is 1. The van der Waals surface area contributed by atoms with Gasteiger partial charge in [-0.25, -0.2) is 0 Å². The quantitative estimate of drug-likeness (QED) is 0.935. The average molecular weight is 274 g/mol. The van der Waals surface area contributed by atoms with Crippen molar-refractivity contribution >= 4 is 39.7 Å². The number of nitrogen functional groups attached to an aromatic ring is 1. The smallest absolute Gasteiger partial charge is 0.203 e. The van der Waals surface area contributed by atoms with Gasteiger partial charge < -0.3 is 5.73 Å². The molecule has 1 heterocycles. The van der Waals surface area contributed by atoms with Crippen LogP contribution in [0.5, 0.6) is 0 Å². The molecule has 3 nitrogen and oxygen atoms in total. The van der Waals surface area contributed by atoms with E-state index in [-0.39, 0.29) is 0 Å². The first-order valence-corrected chi connectivity index (χ1v) is 6.24. The predicted octanol–water partition coefficient (Wildman–Crippen LogP) is 3.21. The number of hydrogen-bond donors (Lipinski definition) is 1. The second-order valence-corrected chi connectivity index (χ2v) is 5.21. The van der Waals surface area contributed by atoms with E-state index in [1.807, 2.05) is 12.1 Å². The number of benzene rings is 1. The maximum atomic E-state index is 6.06. The lowest BCUT2D eigenvalue weighted by molar-refractivity contribution is 0.906. The molecule has 0 spiro atoms. The lowest BCUT2D eigenvalue weighted by Gasteiger charge is -2.02. The SMILES string of the molecule is Nc1nnc(CCc2ccc(Cl)cc2Cl)s1. The first-order valence-electron chi connectivity index (χ1n) is 4.67. The van der Waals surface area contributed by atoms with Gasteiger partial charge in [0.05, 0.1) is 0 Å². The highest BCUT2D eigenvalue weighted by molar-refractivity contribution is 7.15. The molecule has 1 aromatic carbocycles. The van der Waals surface area contributed by atoms with Crippen LogP contribution in [0.2, 0.25) is 10.0 Å². The minimum atomic E-state index is 0.497. The van der Waals surface area contributed by atoms with Crippen molar-refractivity contribution in [3.8, 4) is 0 Å². The maximum Gasteiger partial charge on any atom is 0.203 e. The van der Waals surface area contributed by atoms with Gasteiger partial charge in [-0.15, -0.1) is 10.2 Å². The van der Waals surface area contributed by atoms with Crippen LogP contribution in [0.15, 0.2) is 18.2 Å². The molecule has 0 amide bonds. The Bertz CT molecular complexity index is 499. The van der Waals surface area contributed by atoms with Crippen molar-refractivity contribution in [1.29, 1.82) is 0 Å². The summed E-state index contributed by atoms with van der Waals surface area (Å²) >= 11 is 13.3. The monoisotopic (exact) mass is 273 g/mol. The van der Waals surface area contributed by atoms with Gasteiger partial charge in [-0.1, -0.05) is 40.6 Å². The summed E-state index contributed by atoms with van der Waals surface area (Å²) in [6.07, 6.45) is 1.60. The highest BCUT2D eigenvalue weighted by Crippen LogP contribution is 2.23. The molecular weight excluding hydrogens is 265 g/mol. The van der Waals surface area contributed by atoms with E-state index >= 15 is 0 Å². The van der Waals surface area contributed by atoms with Gasteiger partial charge in [0.15, 0.2) is 0 Å². The molecule has 0 unspecified atom stereocenters. The normalized spacial score (nSPS) is 10.6. The summed E-state index contributed by atoms with van der Waals surface area (Å²) in [5, 5.41) is 10.5. The van der Waals surface area contributed by atoms with Gasteiger partial charge in [-0.05, 0) is 24.1 Å². The Labute approximate surface area is 107 Å². The molecule has 6 heteroatoms. The number of hydrogen-bond acceptors (Lipinski definition) is 4. The molecule has 0 aliphatic carbocycles. The van der Waals surface area contributed by atoms with E-state index in [2.05, 4.69) is 10.2 Å². The second-order valence-electron chi connectivity index (χ2n) is 3.27. The summed E-state index contributed by atoms with van der Waals surface area (Å²) < 4.78 is 0. The van der Waals surface area contributed by atoms with Crippen molar-refractivity contribution in [2.75, 3.05) is 5.73 Å². The van der Waals surface area contributed by atoms with Crippen LogP contribution >= 0.6 is 34.5 Å². The van der Waals surface area contributed by atoms with Crippen molar-refractivity contribution < 1.29 is 0 Å². The Balaban J connectivity index is 2.04. The van der Waals surface area contributed by atoms with Gasteiger partial charge in [0, 0.05) is 16.5 Å². The summed E-state index contributed by atoms with van der Waals surface area (Å²) in [6.45, 7) is 0. The van der Waals surface area contributed by atoms with Crippen molar-refractivity contribution in [2.45, 2.75) is 12.8 Å². The Morgan fingerprint density at radius 2 is 2.00 bits per heavy atom. The van der Waals surface area contributed by atoms with Gasteiger partial charge in [0.1, 0.15) is 5.01 Å². The largest absolute Gasteiger partial charge is 0.374 e. The van der Waals surface area contributed by atoms with Crippen LogP contribution in [0.3, 0.4) is 0 Å². The molecule has 0 bridgehead atoms. The zero-order chi connectivity index (χ0) is 11.5. The van der Waals surface area contributed by atoms with E-state index in [1.165, 1.54) is 11.3 Å². The van der Waals surface area contributed by atoms with E-state index in [9.17, 15) is 0 Å². The van der Waals surface area contributed by atoms with Gasteiger partial charge in [0.25, 0.3) is 0 Å². The van der Waals surface area contributed by atoms with Crippen LogP contribution in [0, 0.1) is 0 Å². The molecule has 0 saturated heterocycles. The Morgan fingerprint density at radius 3 is 2.62 bits per heavy atom. The first-order chi connectivity index (χ1) is 7.65. The van der Waals surface area contributed by atoms with E-state index in [0.717, 1.165) is 23.4 Å². The molecule has 0 fully saturated rings. The predicted molar refractivity (Wildman–Crippen MR) is 68.2 cm³/mol. The molecule has 0 radical (unpaired) electrons. The molecule has 2 rings (SSSR count). The number of halogens is 2.